The highest BCUT2D eigenvalue weighted by molar-refractivity contribution is 7.20. The third kappa shape index (κ3) is 5.14. The molecule has 236 valence electrons. The van der Waals surface area contributed by atoms with Gasteiger partial charge < -0.3 is 4.42 Å². The zero-order valence-corrected chi connectivity index (χ0v) is 28.3. The van der Waals surface area contributed by atoms with Crippen molar-refractivity contribution in [2.75, 3.05) is 0 Å². The Balaban J connectivity index is 1.32. The van der Waals surface area contributed by atoms with E-state index in [4.69, 9.17) is 14.4 Å². The van der Waals surface area contributed by atoms with E-state index in [1.807, 2.05) is 24.3 Å². The number of fused-ring (bicyclic) bond motifs is 3. The van der Waals surface area contributed by atoms with Crippen molar-refractivity contribution in [1.29, 1.82) is 0 Å². The largest absolute Gasteiger partial charge is 0.456 e. The van der Waals surface area contributed by atoms with Crippen molar-refractivity contribution in [1.82, 2.24) is 9.97 Å². The van der Waals surface area contributed by atoms with Crippen LogP contribution in [0.4, 0.5) is 0 Å². The molecule has 0 bridgehead atoms. The van der Waals surface area contributed by atoms with Gasteiger partial charge in [-0.3, -0.25) is 0 Å². The molecule has 4 heteroatoms. The van der Waals surface area contributed by atoms with Crippen LogP contribution in [-0.4, -0.2) is 18.0 Å². The first-order chi connectivity index (χ1) is 24.8. The van der Waals surface area contributed by atoms with Crippen molar-refractivity contribution in [2.24, 2.45) is 0 Å². The maximum atomic E-state index is 6.31. The third-order valence-corrected chi connectivity index (χ3v) is 14.4. The maximum absolute atomic E-state index is 6.31. The summed E-state index contributed by atoms with van der Waals surface area (Å²) in [6, 6.07) is 68.9. The van der Waals surface area contributed by atoms with Crippen LogP contribution in [0.3, 0.4) is 0 Å². The van der Waals surface area contributed by atoms with Gasteiger partial charge in [-0.05, 0) is 38.9 Å². The molecule has 3 nitrogen and oxygen atoms in total. The van der Waals surface area contributed by atoms with Gasteiger partial charge >= 0.3 is 0 Å². The average Bonchev–Trinajstić information content (AvgIpc) is 3.58. The lowest BCUT2D eigenvalue weighted by atomic mass is 10.1. The highest BCUT2D eigenvalue weighted by Gasteiger charge is 2.42. The Kier molecular flexibility index (Phi) is 7.49. The van der Waals surface area contributed by atoms with E-state index in [1.54, 1.807) is 0 Å². The molecule has 0 radical (unpaired) electrons. The standard InChI is InChI=1S/C46H32N2OSi/c1-5-16-33(17-6-1)42-32-43(34-18-7-2-8-19-34)48-46(47-42)35-20-15-25-38(30-35)50(36-21-9-3-10-22-36,37-23-11-4-12-24-37)39-28-29-45-41(31-39)40-26-13-14-27-44(40)49-45/h1-32H. The number of hydrogen-bond donors (Lipinski definition) is 0. The SMILES string of the molecule is c1ccc(-c2cc(-c3ccccc3)nc(-c3cccc([Si](c4ccccc4)(c4ccccc4)c4ccc5oc6ccccc6c5c4)c3)n2)cc1. The summed E-state index contributed by atoms with van der Waals surface area (Å²) in [6.45, 7) is 0. The molecule has 0 saturated heterocycles. The van der Waals surface area contributed by atoms with Crippen LogP contribution in [0.25, 0.3) is 55.8 Å². The van der Waals surface area contributed by atoms with Gasteiger partial charge in [-0.25, -0.2) is 9.97 Å². The molecule has 50 heavy (non-hydrogen) atoms. The fourth-order valence-electron chi connectivity index (χ4n) is 7.32. The summed E-state index contributed by atoms with van der Waals surface area (Å²) in [4.78, 5) is 10.4. The topological polar surface area (TPSA) is 38.9 Å². The highest BCUT2D eigenvalue weighted by atomic mass is 28.3. The first-order valence-corrected chi connectivity index (χ1v) is 18.9. The van der Waals surface area contributed by atoms with Crippen molar-refractivity contribution in [3.05, 3.63) is 194 Å². The van der Waals surface area contributed by atoms with Crippen LogP contribution in [0.2, 0.25) is 0 Å². The van der Waals surface area contributed by atoms with Gasteiger partial charge in [-0.1, -0.05) is 176 Å². The van der Waals surface area contributed by atoms with Crippen molar-refractivity contribution in [2.45, 2.75) is 0 Å². The summed E-state index contributed by atoms with van der Waals surface area (Å²) in [5.41, 5.74) is 6.68. The molecule has 0 fully saturated rings. The Labute approximate surface area is 292 Å². The van der Waals surface area contributed by atoms with Gasteiger partial charge in [0, 0.05) is 27.5 Å². The Bertz CT molecular complexity index is 2490. The predicted octanol–water partition coefficient (Wildman–Crippen LogP) is 8.75. The summed E-state index contributed by atoms with van der Waals surface area (Å²) >= 11 is 0. The zero-order valence-electron chi connectivity index (χ0n) is 27.3. The number of furan rings is 1. The van der Waals surface area contributed by atoms with E-state index < -0.39 is 8.07 Å². The van der Waals surface area contributed by atoms with Crippen LogP contribution in [-0.2, 0) is 0 Å². The van der Waals surface area contributed by atoms with Crippen molar-refractivity contribution >= 4 is 50.8 Å². The van der Waals surface area contributed by atoms with Crippen LogP contribution < -0.4 is 20.7 Å². The van der Waals surface area contributed by atoms with Crippen molar-refractivity contribution in [3.63, 3.8) is 0 Å². The fraction of sp³-hybridized carbons (Fsp3) is 0. The Hall–Kier alpha value is -6.36. The first-order valence-electron chi connectivity index (χ1n) is 16.9. The Morgan fingerprint density at radius 1 is 0.340 bits per heavy atom. The lowest BCUT2D eigenvalue weighted by molar-refractivity contribution is 0.669. The minimum absolute atomic E-state index is 0.701. The molecule has 0 aliphatic carbocycles. The summed E-state index contributed by atoms with van der Waals surface area (Å²) in [5, 5.41) is 7.41. The van der Waals surface area contributed by atoms with Gasteiger partial charge in [0.1, 0.15) is 11.2 Å². The van der Waals surface area contributed by atoms with Crippen LogP contribution >= 0.6 is 0 Å². The van der Waals surface area contributed by atoms with E-state index in [2.05, 4.69) is 170 Å². The minimum Gasteiger partial charge on any atom is -0.456 e. The fourth-order valence-corrected chi connectivity index (χ4v) is 12.1. The number of benzene rings is 7. The minimum atomic E-state index is -2.89. The van der Waals surface area contributed by atoms with Crippen molar-refractivity contribution in [3.8, 4) is 33.9 Å². The van der Waals surface area contributed by atoms with Crippen LogP contribution in [0.5, 0.6) is 0 Å². The van der Waals surface area contributed by atoms with Crippen LogP contribution in [0.1, 0.15) is 0 Å². The van der Waals surface area contributed by atoms with E-state index in [-0.39, 0.29) is 0 Å². The molecule has 0 spiro atoms. The van der Waals surface area contributed by atoms with E-state index in [0.717, 1.165) is 50.0 Å². The van der Waals surface area contributed by atoms with E-state index in [9.17, 15) is 0 Å². The van der Waals surface area contributed by atoms with Crippen molar-refractivity contribution < 1.29 is 4.42 Å². The number of para-hydroxylation sites is 1. The maximum Gasteiger partial charge on any atom is 0.179 e. The summed E-state index contributed by atoms with van der Waals surface area (Å²) in [5.74, 6) is 0.701. The highest BCUT2D eigenvalue weighted by Crippen LogP contribution is 2.30. The van der Waals surface area contributed by atoms with Gasteiger partial charge in [-0.15, -0.1) is 0 Å². The monoisotopic (exact) mass is 656 g/mol. The van der Waals surface area contributed by atoms with Gasteiger partial charge in [-0.2, -0.15) is 0 Å². The molecule has 0 aliphatic rings. The molecule has 0 aliphatic heterocycles. The van der Waals surface area contributed by atoms with Gasteiger partial charge in [0.15, 0.2) is 13.9 Å². The van der Waals surface area contributed by atoms with E-state index in [0.29, 0.717) is 5.82 Å². The predicted molar refractivity (Wildman–Crippen MR) is 209 cm³/mol. The molecule has 2 aromatic heterocycles. The molecule has 0 saturated carbocycles. The molecule has 0 N–H and O–H groups in total. The normalized spacial score (nSPS) is 11.6. The summed E-state index contributed by atoms with van der Waals surface area (Å²) in [6.07, 6.45) is 0. The van der Waals surface area contributed by atoms with Crippen LogP contribution in [0.15, 0.2) is 199 Å². The molecule has 7 aromatic carbocycles. The molecule has 0 atom stereocenters. The number of hydrogen-bond acceptors (Lipinski definition) is 3. The number of nitrogens with zero attached hydrogens (tertiary/aromatic N) is 2. The van der Waals surface area contributed by atoms with Crippen LogP contribution in [0, 0.1) is 0 Å². The second-order valence-corrected chi connectivity index (χ2v) is 16.4. The molecule has 9 aromatic rings. The molecule has 0 unspecified atom stereocenters. The van der Waals surface area contributed by atoms with Gasteiger partial charge in [0.2, 0.25) is 0 Å². The second kappa shape index (κ2) is 12.6. The third-order valence-electron chi connectivity index (χ3n) is 9.64. The molecular formula is C46H32N2OSi. The van der Waals surface area contributed by atoms with E-state index in [1.165, 1.54) is 20.7 Å². The summed E-state index contributed by atoms with van der Waals surface area (Å²) in [7, 11) is -2.89. The molecule has 0 amide bonds. The summed E-state index contributed by atoms with van der Waals surface area (Å²) < 4.78 is 6.31. The number of rotatable bonds is 7. The number of aromatic nitrogens is 2. The average molecular weight is 657 g/mol. The molecule has 9 rings (SSSR count). The molecule has 2 heterocycles. The first kappa shape index (κ1) is 29.8. The van der Waals surface area contributed by atoms with Gasteiger partial charge in [0.25, 0.3) is 0 Å². The zero-order chi connectivity index (χ0) is 33.3. The lowest BCUT2D eigenvalue weighted by Gasteiger charge is -2.34. The second-order valence-electron chi connectivity index (χ2n) is 12.6. The Morgan fingerprint density at radius 2 is 0.820 bits per heavy atom. The smallest absolute Gasteiger partial charge is 0.179 e. The lowest BCUT2D eigenvalue weighted by Crippen LogP contribution is -2.74. The van der Waals surface area contributed by atoms with E-state index >= 15 is 0 Å². The Morgan fingerprint density at radius 3 is 1.44 bits per heavy atom. The molecular weight excluding hydrogens is 625 g/mol. The van der Waals surface area contributed by atoms with Gasteiger partial charge in [0.05, 0.1) is 11.4 Å². The quantitative estimate of drug-likeness (QED) is 0.127.